The molecule has 2 N–H and O–H groups in total. The quantitative estimate of drug-likeness (QED) is 0.761. The first-order chi connectivity index (χ1) is 12.3. The average molecular weight is 337 g/mol. The van der Waals surface area contributed by atoms with Crippen LogP contribution in [0.25, 0.3) is 11.0 Å². The molecule has 2 aliphatic rings. The smallest absolute Gasteiger partial charge is 0.267 e. The van der Waals surface area contributed by atoms with E-state index >= 15 is 0 Å². The van der Waals surface area contributed by atoms with Crippen LogP contribution in [0, 0.1) is 0 Å². The normalized spacial score (nSPS) is 23.2. The van der Waals surface area contributed by atoms with E-state index in [2.05, 4.69) is 20.4 Å². The molecule has 0 spiro atoms. The van der Waals surface area contributed by atoms with Crippen LogP contribution >= 0.6 is 0 Å². The first-order valence-electron chi connectivity index (χ1n) is 8.67. The van der Waals surface area contributed by atoms with Gasteiger partial charge in [0.15, 0.2) is 0 Å². The standard InChI is InChI=1S/C18H19N5O2/c24-17-8-7-12(11-5-6-11)22-23(17)16-10-25-9-15(16)21-18-19-13-3-1-2-4-14(13)20-18/h1-4,7-8,11,15-16H,5-6,9-10H2,(H2,19,20,21). The highest BCUT2D eigenvalue weighted by atomic mass is 16.5. The zero-order valence-corrected chi connectivity index (χ0v) is 13.7. The Kier molecular flexibility index (Phi) is 3.34. The van der Waals surface area contributed by atoms with Gasteiger partial charge < -0.3 is 15.0 Å². The van der Waals surface area contributed by atoms with Crippen LogP contribution in [0.3, 0.4) is 0 Å². The van der Waals surface area contributed by atoms with E-state index in [1.807, 2.05) is 30.3 Å². The van der Waals surface area contributed by atoms with Crippen molar-refractivity contribution in [3.05, 3.63) is 52.4 Å². The Bertz CT molecular complexity index is 942. The van der Waals surface area contributed by atoms with Crippen molar-refractivity contribution in [2.24, 2.45) is 0 Å². The summed E-state index contributed by atoms with van der Waals surface area (Å²) in [7, 11) is 0. The molecule has 2 atom stereocenters. The number of nitrogens with zero attached hydrogens (tertiary/aromatic N) is 3. The lowest BCUT2D eigenvalue weighted by atomic mass is 10.1. The first kappa shape index (κ1) is 14.7. The third-order valence-electron chi connectivity index (χ3n) is 4.92. The second-order valence-electron chi connectivity index (χ2n) is 6.77. The van der Waals surface area contributed by atoms with E-state index in [0.717, 1.165) is 29.6 Å². The van der Waals surface area contributed by atoms with Crippen LogP contribution in [0.1, 0.15) is 30.5 Å². The summed E-state index contributed by atoms with van der Waals surface area (Å²) in [5.74, 6) is 1.20. The van der Waals surface area contributed by atoms with Gasteiger partial charge in [-0.3, -0.25) is 4.79 Å². The van der Waals surface area contributed by atoms with Crippen LogP contribution in [0.5, 0.6) is 0 Å². The minimum Gasteiger partial charge on any atom is -0.377 e. The highest BCUT2D eigenvalue weighted by Gasteiger charge is 2.33. The minimum atomic E-state index is -0.139. The summed E-state index contributed by atoms with van der Waals surface area (Å²) in [6.45, 7) is 0.989. The number of rotatable bonds is 4. The van der Waals surface area contributed by atoms with E-state index in [1.54, 1.807) is 10.7 Å². The lowest BCUT2D eigenvalue weighted by molar-refractivity contribution is 0.182. The van der Waals surface area contributed by atoms with Crippen molar-refractivity contribution in [3.8, 4) is 0 Å². The number of fused-ring (bicyclic) bond motifs is 1. The van der Waals surface area contributed by atoms with Gasteiger partial charge in [0.25, 0.3) is 5.56 Å². The number of hydrogen-bond acceptors (Lipinski definition) is 5. The molecule has 25 heavy (non-hydrogen) atoms. The van der Waals surface area contributed by atoms with Crippen LogP contribution in [0.2, 0.25) is 0 Å². The molecule has 3 aromatic rings. The van der Waals surface area contributed by atoms with Gasteiger partial charge in [-0.15, -0.1) is 0 Å². The molecule has 1 aliphatic heterocycles. The number of nitrogens with one attached hydrogen (secondary N) is 2. The van der Waals surface area contributed by atoms with Crippen LogP contribution in [0.15, 0.2) is 41.2 Å². The summed E-state index contributed by atoms with van der Waals surface area (Å²) in [5.41, 5.74) is 2.81. The SMILES string of the molecule is O=c1ccc(C2CC2)nn1C1COCC1Nc1nc2ccccc2[nH]1. The summed E-state index contributed by atoms with van der Waals surface area (Å²) >= 11 is 0. The van der Waals surface area contributed by atoms with E-state index < -0.39 is 0 Å². The number of imidazole rings is 1. The molecular weight excluding hydrogens is 318 g/mol. The molecule has 7 heteroatoms. The maximum Gasteiger partial charge on any atom is 0.267 e. The maximum absolute atomic E-state index is 12.3. The largest absolute Gasteiger partial charge is 0.377 e. The predicted octanol–water partition coefficient (Wildman–Crippen LogP) is 2.05. The van der Waals surface area contributed by atoms with Gasteiger partial charge in [-0.05, 0) is 31.0 Å². The molecule has 0 bridgehead atoms. The number of benzene rings is 1. The molecule has 128 valence electrons. The Morgan fingerprint density at radius 3 is 2.88 bits per heavy atom. The molecule has 2 aromatic heterocycles. The minimum absolute atomic E-state index is 0.0554. The van der Waals surface area contributed by atoms with Crippen molar-refractivity contribution in [1.82, 2.24) is 19.7 Å². The summed E-state index contributed by atoms with van der Waals surface area (Å²) < 4.78 is 7.22. The molecule has 2 unspecified atom stereocenters. The second kappa shape index (κ2) is 5.70. The van der Waals surface area contributed by atoms with Gasteiger partial charge in [-0.2, -0.15) is 5.10 Å². The second-order valence-corrected chi connectivity index (χ2v) is 6.77. The van der Waals surface area contributed by atoms with Gasteiger partial charge >= 0.3 is 0 Å². The van der Waals surface area contributed by atoms with Crippen molar-refractivity contribution in [1.29, 1.82) is 0 Å². The Balaban J connectivity index is 1.43. The molecule has 0 amide bonds. The third-order valence-corrected chi connectivity index (χ3v) is 4.92. The summed E-state index contributed by atoms with van der Waals surface area (Å²) in [5, 5.41) is 7.98. The van der Waals surface area contributed by atoms with E-state index in [0.29, 0.717) is 25.1 Å². The molecule has 1 saturated heterocycles. The highest BCUT2D eigenvalue weighted by molar-refractivity contribution is 5.77. The Morgan fingerprint density at radius 1 is 1.16 bits per heavy atom. The van der Waals surface area contributed by atoms with Gasteiger partial charge in [0, 0.05) is 12.0 Å². The molecule has 1 aromatic carbocycles. The van der Waals surface area contributed by atoms with Gasteiger partial charge in [0.05, 0.1) is 36.0 Å². The van der Waals surface area contributed by atoms with Gasteiger partial charge in [-0.1, -0.05) is 12.1 Å². The number of aromatic nitrogens is 4. The summed E-state index contributed by atoms with van der Waals surface area (Å²) in [6, 6.07) is 11.2. The van der Waals surface area contributed by atoms with Crippen LogP contribution in [-0.2, 0) is 4.74 Å². The molecule has 3 heterocycles. The fourth-order valence-corrected chi connectivity index (χ4v) is 3.39. The zero-order chi connectivity index (χ0) is 16.8. The molecule has 1 aliphatic carbocycles. The van der Waals surface area contributed by atoms with Crippen LogP contribution < -0.4 is 10.9 Å². The highest BCUT2D eigenvalue weighted by Crippen LogP contribution is 2.38. The number of anilines is 1. The number of aromatic amines is 1. The molecule has 2 fully saturated rings. The van der Waals surface area contributed by atoms with Crippen molar-refractivity contribution in [2.75, 3.05) is 18.5 Å². The van der Waals surface area contributed by atoms with Crippen LogP contribution in [-0.4, -0.2) is 39.0 Å². The Morgan fingerprint density at radius 2 is 2.04 bits per heavy atom. The van der Waals surface area contributed by atoms with Crippen LogP contribution in [0.4, 0.5) is 5.95 Å². The molecular formula is C18H19N5O2. The van der Waals surface area contributed by atoms with Gasteiger partial charge in [0.1, 0.15) is 6.04 Å². The lowest BCUT2D eigenvalue weighted by Gasteiger charge is -2.20. The van der Waals surface area contributed by atoms with E-state index in [9.17, 15) is 4.79 Å². The molecule has 0 radical (unpaired) electrons. The lowest BCUT2D eigenvalue weighted by Crippen LogP contribution is -2.37. The zero-order valence-electron chi connectivity index (χ0n) is 13.7. The van der Waals surface area contributed by atoms with Crippen molar-refractivity contribution >= 4 is 17.0 Å². The monoisotopic (exact) mass is 337 g/mol. The molecule has 5 rings (SSSR count). The van der Waals surface area contributed by atoms with Gasteiger partial charge in [-0.25, -0.2) is 9.67 Å². The topological polar surface area (TPSA) is 84.8 Å². The number of para-hydroxylation sites is 2. The predicted molar refractivity (Wildman–Crippen MR) is 93.8 cm³/mol. The third kappa shape index (κ3) is 2.70. The van der Waals surface area contributed by atoms with E-state index in [4.69, 9.17) is 4.74 Å². The first-order valence-corrected chi connectivity index (χ1v) is 8.67. The van der Waals surface area contributed by atoms with E-state index in [1.165, 1.54) is 0 Å². The number of hydrogen-bond donors (Lipinski definition) is 2. The number of ether oxygens (including phenoxy) is 1. The number of H-pyrrole nitrogens is 1. The van der Waals surface area contributed by atoms with Crippen molar-refractivity contribution in [2.45, 2.75) is 30.8 Å². The maximum atomic E-state index is 12.3. The molecule has 1 saturated carbocycles. The Hall–Kier alpha value is -2.67. The van der Waals surface area contributed by atoms with Crippen molar-refractivity contribution < 1.29 is 4.74 Å². The van der Waals surface area contributed by atoms with Gasteiger partial charge in [0.2, 0.25) is 5.95 Å². The molecule has 7 nitrogen and oxygen atoms in total. The Labute approximate surface area is 144 Å². The van der Waals surface area contributed by atoms with Crippen molar-refractivity contribution in [3.63, 3.8) is 0 Å². The van der Waals surface area contributed by atoms with E-state index in [-0.39, 0.29) is 17.6 Å². The summed E-state index contributed by atoms with van der Waals surface area (Å²) in [4.78, 5) is 20.1. The fourth-order valence-electron chi connectivity index (χ4n) is 3.39. The average Bonchev–Trinajstić information content (AvgIpc) is 3.23. The summed E-state index contributed by atoms with van der Waals surface area (Å²) in [6.07, 6.45) is 2.32. The fraction of sp³-hybridized carbons (Fsp3) is 0.389.